The molecule has 0 rings (SSSR count). The monoisotopic (exact) mass is 174 g/mol. The first-order valence-corrected chi connectivity index (χ1v) is 5.07. The molecule has 2 nitrogen and oxygen atoms in total. The molecule has 0 amide bonds. The number of unbranched alkanes of at least 4 members (excludes halogenated alkanes) is 2. The molecule has 0 fully saturated rings. The fourth-order valence-corrected chi connectivity index (χ4v) is 0.964. The Kier molecular flexibility index (Phi) is 10.8. The Labute approximate surface area is 76.3 Å². The number of ether oxygens (including phenoxy) is 2. The normalized spacial score (nSPS) is 10.5. The second-order valence-corrected chi connectivity index (χ2v) is 2.87. The summed E-state index contributed by atoms with van der Waals surface area (Å²) in [6.07, 6.45) is 4.78. The van der Waals surface area contributed by atoms with Crippen LogP contribution in [0, 0.1) is 0 Å². The molecule has 0 bridgehead atoms. The van der Waals surface area contributed by atoms with E-state index >= 15 is 0 Å². The van der Waals surface area contributed by atoms with Crippen molar-refractivity contribution in [2.75, 3.05) is 26.4 Å². The largest absolute Gasteiger partial charge is 0.382 e. The Bertz CT molecular complexity index is 64.2. The van der Waals surface area contributed by atoms with E-state index in [1.54, 1.807) is 0 Å². The van der Waals surface area contributed by atoms with Gasteiger partial charge in [-0.25, -0.2) is 0 Å². The van der Waals surface area contributed by atoms with Crippen LogP contribution in [-0.4, -0.2) is 26.4 Å². The van der Waals surface area contributed by atoms with Crippen molar-refractivity contribution in [2.24, 2.45) is 0 Å². The van der Waals surface area contributed by atoms with Gasteiger partial charge < -0.3 is 9.47 Å². The third kappa shape index (κ3) is 9.92. The Morgan fingerprint density at radius 3 is 2.08 bits per heavy atom. The van der Waals surface area contributed by atoms with Crippen LogP contribution in [0.4, 0.5) is 0 Å². The van der Waals surface area contributed by atoms with Gasteiger partial charge in [0, 0.05) is 26.4 Å². The van der Waals surface area contributed by atoms with Crippen LogP contribution in [0.3, 0.4) is 0 Å². The second-order valence-electron chi connectivity index (χ2n) is 2.87. The molecule has 74 valence electrons. The van der Waals surface area contributed by atoms with Crippen LogP contribution in [0.15, 0.2) is 0 Å². The zero-order chi connectivity index (χ0) is 9.07. The van der Waals surface area contributed by atoms with Gasteiger partial charge in [-0.15, -0.1) is 0 Å². The Hall–Kier alpha value is -0.0800. The highest BCUT2D eigenvalue weighted by molar-refractivity contribution is 4.38. The molecule has 0 heterocycles. The van der Waals surface area contributed by atoms with Crippen LogP contribution in [-0.2, 0) is 9.47 Å². The minimum absolute atomic E-state index is 0.815. The molecule has 0 saturated carbocycles. The van der Waals surface area contributed by atoms with E-state index in [-0.39, 0.29) is 0 Å². The first kappa shape index (κ1) is 11.9. The average molecular weight is 174 g/mol. The predicted octanol–water partition coefficient (Wildman–Crippen LogP) is 2.62. The molecule has 0 atom stereocenters. The molecule has 0 radical (unpaired) electrons. The van der Waals surface area contributed by atoms with Crippen molar-refractivity contribution in [2.45, 2.75) is 39.5 Å². The van der Waals surface area contributed by atoms with Gasteiger partial charge >= 0.3 is 0 Å². The average Bonchev–Trinajstić information content (AvgIpc) is 2.10. The van der Waals surface area contributed by atoms with Gasteiger partial charge in [-0.05, 0) is 19.8 Å². The summed E-state index contributed by atoms with van der Waals surface area (Å²) in [4.78, 5) is 0. The molecule has 0 aliphatic carbocycles. The lowest BCUT2D eigenvalue weighted by molar-refractivity contribution is 0.0862. The summed E-state index contributed by atoms with van der Waals surface area (Å²) in [6, 6.07) is 0. The molecule has 0 unspecified atom stereocenters. The summed E-state index contributed by atoms with van der Waals surface area (Å²) >= 11 is 0. The first-order chi connectivity index (χ1) is 5.91. The van der Waals surface area contributed by atoms with Gasteiger partial charge in [0.25, 0.3) is 0 Å². The maximum Gasteiger partial charge on any atom is 0.0487 e. The minimum atomic E-state index is 0.815. The van der Waals surface area contributed by atoms with Gasteiger partial charge in [0.2, 0.25) is 0 Å². The molecule has 0 N–H and O–H groups in total. The van der Waals surface area contributed by atoms with Gasteiger partial charge in [-0.2, -0.15) is 0 Å². The lowest BCUT2D eigenvalue weighted by atomic mass is 10.3. The predicted molar refractivity (Wildman–Crippen MR) is 51.5 cm³/mol. The lowest BCUT2D eigenvalue weighted by Crippen LogP contribution is -2.01. The molecule has 0 saturated heterocycles. The summed E-state index contributed by atoms with van der Waals surface area (Å²) in [7, 11) is 0. The van der Waals surface area contributed by atoms with E-state index in [9.17, 15) is 0 Å². The van der Waals surface area contributed by atoms with E-state index in [2.05, 4.69) is 6.92 Å². The van der Waals surface area contributed by atoms with Crippen molar-refractivity contribution in [3.63, 3.8) is 0 Å². The van der Waals surface area contributed by atoms with Crippen LogP contribution in [0.5, 0.6) is 0 Å². The SMILES string of the molecule is CCCCCOCCCOCC. The van der Waals surface area contributed by atoms with E-state index in [0.29, 0.717) is 0 Å². The summed E-state index contributed by atoms with van der Waals surface area (Å²) in [6.45, 7) is 7.64. The maximum atomic E-state index is 5.40. The van der Waals surface area contributed by atoms with Crippen molar-refractivity contribution >= 4 is 0 Å². The fourth-order valence-electron chi connectivity index (χ4n) is 0.964. The van der Waals surface area contributed by atoms with E-state index in [1.807, 2.05) is 6.92 Å². The smallest absolute Gasteiger partial charge is 0.0487 e. The van der Waals surface area contributed by atoms with Crippen molar-refractivity contribution in [1.82, 2.24) is 0 Å². The Morgan fingerprint density at radius 2 is 1.42 bits per heavy atom. The molecule has 0 aliphatic heterocycles. The van der Waals surface area contributed by atoms with Crippen LogP contribution >= 0.6 is 0 Å². The summed E-state index contributed by atoms with van der Waals surface area (Å²) < 4.78 is 10.6. The van der Waals surface area contributed by atoms with Crippen LogP contribution < -0.4 is 0 Å². The van der Waals surface area contributed by atoms with E-state index < -0.39 is 0 Å². The molecule has 0 aromatic carbocycles. The fraction of sp³-hybridized carbons (Fsp3) is 1.00. The summed E-state index contributed by atoms with van der Waals surface area (Å²) in [5.74, 6) is 0. The third-order valence-electron chi connectivity index (χ3n) is 1.67. The van der Waals surface area contributed by atoms with Gasteiger partial charge in [0.15, 0.2) is 0 Å². The zero-order valence-corrected chi connectivity index (χ0v) is 8.47. The quantitative estimate of drug-likeness (QED) is 0.500. The highest BCUT2D eigenvalue weighted by Gasteiger charge is 1.89. The van der Waals surface area contributed by atoms with E-state index in [4.69, 9.17) is 9.47 Å². The molecule has 0 aromatic rings. The number of rotatable bonds is 9. The maximum absolute atomic E-state index is 5.40. The van der Waals surface area contributed by atoms with Gasteiger partial charge in [-0.1, -0.05) is 19.8 Å². The first-order valence-electron chi connectivity index (χ1n) is 5.07. The molecule has 2 heteroatoms. The molecule has 0 aliphatic rings. The summed E-state index contributed by atoms with van der Waals surface area (Å²) in [5.41, 5.74) is 0. The molecule has 0 aromatic heterocycles. The van der Waals surface area contributed by atoms with Crippen molar-refractivity contribution < 1.29 is 9.47 Å². The second kappa shape index (κ2) is 10.9. The Morgan fingerprint density at radius 1 is 0.750 bits per heavy atom. The summed E-state index contributed by atoms with van der Waals surface area (Å²) in [5, 5.41) is 0. The number of hydrogen-bond acceptors (Lipinski definition) is 2. The topological polar surface area (TPSA) is 18.5 Å². The van der Waals surface area contributed by atoms with Gasteiger partial charge in [0.05, 0.1) is 0 Å². The highest BCUT2D eigenvalue weighted by atomic mass is 16.5. The third-order valence-corrected chi connectivity index (χ3v) is 1.67. The van der Waals surface area contributed by atoms with Gasteiger partial charge in [-0.3, -0.25) is 0 Å². The minimum Gasteiger partial charge on any atom is -0.382 e. The molecule has 0 spiro atoms. The van der Waals surface area contributed by atoms with Crippen LogP contribution in [0.1, 0.15) is 39.5 Å². The Balaban J connectivity index is 2.73. The highest BCUT2D eigenvalue weighted by Crippen LogP contribution is 1.94. The number of hydrogen-bond donors (Lipinski definition) is 0. The van der Waals surface area contributed by atoms with Crippen molar-refractivity contribution in [1.29, 1.82) is 0 Å². The standard InChI is InChI=1S/C10H22O2/c1-3-5-6-8-12-10-7-9-11-4-2/h3-10H2,1-2H3. The van der Waals surface area contributed by atoms with Crippen LogP contribution in [0.2, 0.25) is 0 Å². The lowest BCUT2D eigenvalue weighted by Gasteiger charge is -2.03. The van der Waals surface area contributed by atoms with E-state index in [0.717, 1.165) is 32.8 Å². The van der Waals surface area contributed by atoms with E-state index in [1.165, 1.54) is 19.3 Å². The molecular weight excluding hydrogens is 152 g/mol. The molecule has 12 heavy (non-hydrogen) atoms. The zero-order valence-electron chi connectivity index (χ0n) is 8.47. The van der Waals surface area contributed by atoms with Crippen molar-refractivity contribution in [3.05, 3.63) is 0 Å². The van der Waals surface area contributed by atoms with Crippen LogP contribution in [0.25, 0.3) is 0 Å². The van der Waals surface area contributed by atoms with Gasteiger partial charge in [0.1, 0.15) is 0 Å². The molecular formula is C10H22O2. The van der Waals surface area contributed by atoms with Crippen molar-refractivity contribution in [3.8, 4) is 0 Å².